The molecule has 3 aromatic carbocycles. The second-order valence-corrected chi connectivity index (χ2v) is 7.40. The van der Waals surface area contributed by atoms with E-state index in [4.69, 9.17) is 16.3 Å². The first-order valence-electron chi connectivity index (χ1n) is 9.45. The number of carbonyl (C=O) groups excluding carboxylic acids is 2. The zero-order valence-electron chi connectivity index (χ0n) is 16.8. The molecule has 0 atom stereocenters. The maximum Gasteiger partial charge on any atom is 0.282 e. The highest BCUT2D eigenvalue weighted by Gasteiger charge is 2.40. The number of methoxy groups -OCH3 is 1. The van der Waals surface area contributed by atoms with E-state index >= 15 is 0 Å². The van der Waals surface area contributed by atoms with Gasteiger partial charge in [-0.15, -0.1) is 0 Å². The number of rotatable bonds is 5. The molecule has 1 heterocycles. The van der Waals surface area contributed by atoms with Crippen molar-refractivity contribution in [3.8, 4) is 5.75 Å². The number of anilines is 2. The van der Waals surface area contributed by atoms with Crippen molar-refractivity contribution in [2.45, 2.75) is 6.92 Å². The second kappa shape index (κ2) is 8.24. The van der Waals surface area contributed by atoms with Gasteiger partial charge in [0.05, 0.1) is 18.4 Å². The summed E-state index contributed by atoms with van der Waals surface area (Å²) in [6, 6.07) is 17.3. The first-order chi connectivity index (χ1) is 14.9. The van der Waals surface area contributed by atoms with Crippen LogP contribution in [0.4, 0.5) is 15.8 Å². The van der Waals surface area contributed by atoms with Crippen LogP contribution in [0.25, 0.3) is 5.57 Å². The zero-order chi connectivity index (χ0) is 22.1. The monoisotopic (exact) mass is 436 g/mol. The van der Waals surface area contributed by atoms with Crippen molar-refractivity contribution in [3.05, 3.63) is 94.4 Å². The normalized spacial score (nSPS) is 13.7. The summed E-state index contributed by atoms with van der Waals surface area (Å²) in [5.74, 6) is -0.830. The summed E-state index contributed by atoms with van der Waals surface area (Å²) < 4.78 is 18.6. The Morgan fingerprint density at radius 2 is 1.61 bits per heavy atom. The van der Waals surface area contributed by atoms with Gasteiger partial charge in [0.25, 0.3) is 11.8 Å². The molecule has 0 fully saturated rings. The van der Waals surface area contributed by atoms with Crippen LogP contribution in [0.3, 0.4) is 0 Å². The van der Waals surface area contributed by atoms with Crippen molar-refractivity contribution in [1.29, 1.82) is 0 Å². The molecule has 0 unspecified atom stereocenters. The van der Waals surface area contributed by atoms with Crippen LogP contribution >= 0.6 is 11.6 Å². The molecule has 1 N–H and O–H groups in total. The van der Waals surface area contributed by atoms with Crippen molar-refractivity contribution in [1.82, 2.24) is 0 Å². The lowest BCUT2D eigenvalue weighted by Crippen LogP contribution is -2.32. The molecule has 0 saturated heterocycles. The summed E-state index contributed by atoms with van der Waals surface area (Å²) in [5.41, 5.74) is 2.46. The SMILES string of the molecule is COc1ccc(NC2=C(c3ccc(F)cc3)C(=O)N(c3ccc(C)c(Cl)c3)C2=O)cc1. The maximum absolute atomic E-state index is 13.5. The molecule has 0 saturated carbocycles. The first kappa shape index (κ1) is 20.6. The average molecular weight is 437 g/mol. The number of aryl methyl sites for hydroxylation is 1. The Bertz CT molecular complexity index is 1200. The third-order valence-electron chi connectivity index (χ3n) is 4.99. The number of nitrogens with zero attached hydrogens (tertiary/aromatic N) is 1. The van der Waals surface area contributed by atoms with Gasteiger partial charge >= 0.3 is 0 Å². The number of carbonyl (C=O) groups is 2. The van der Waals surface area contributed by atoms with Crippen LogP contribution in [-0.2, 0) is 9.59 Å². The van der Waals surface area contributed by atoms with Crippen LogP contribution in [0.2, 0.25) is 5.02 Å². The van der Waals surface area contributed by atoms with E-state index in [9.17, 15) is 14.0 Å². The Hall–Kier alpha value is -3.64. The van der Waals surface area contributed by atoms with Crippen LogP contribution < -0.4 is 15.0 Å². The summed E-state index contributed by atoms with van der Waals surface area (Å²) >= 11 is 6.22. The Balaban J connectivity index is 1.80. The van der Waals surface area contributed by atoms with E-state index in [-0.39, 0.29) is 11.3 Å². The van der Waals surface area contributed by atoms with Gasteiger partial charge in [-0.05, 0) is 66.6 Å². The zero-order valence-corrected chi connectivity index (χ0v) is 17.5. The van der Waals surface area contributed by atoms with Crippen molar-refractivity contribution >= 4 is 40.4 Å². The predicted molar refractivity (Wildman–Crippen MR) is 119 cm³/mol. The highest BCUT2D eigenvalue weighted by molar-refractivity contribution is 6.46. The minimum absolute atomic E-state index is 0.0958. The van der Waals surface area contributed by atoms with E-state index in [2.05, 4.69) is 5.32 Å². The fourth-order valence-corrected chi connectivity index (χ4v) is 3.48. The summed E-state index contributed by atoms with van der Waals surface area (Å²) in [6.45, 7) is 1.83. The second-order valence-electron chi connectivity index (χ2n) is 6.99. The van der Waals surface area contributed by atoms with Gasteiger partial charge < -0.3 is 10.1 Å². The number of nitrogens with one attached hydrogen (secondary N) is 1. The molecule has 2 amide bonds. The van der Waals surface area contributed by atoms with Crippen LogP contribution in [0.1, 0.15) is 11.1 Å². The van der Waals surface area contributed by atoms with E-state index in [1.807, 2.05) is 6.92 Å². The van der Waals surface area contributed by atoms with Crippen molar-refractivity contribution < 1.29 is 18.7 Å². The van der Waals surface area contributed by atoms with Gasteiger partial charge in [-0.25, -0.2) is 9.29 Å². The molecule has 5 nitrogen and oxygen atoms in total. The van der Waals surface area contributed by atoms with Crippen LogP contribution in [0.5, 0.6) is 5.75 Å². The van der Waals surface area contributed by atoms with Crippen LogP contribution in [0, 0.1) is 12.7 Å². The number of imide groups is 1. The van der Waals surface area contributed by atoms with Crippen LogP contribution in [-0.4, -0.2) is 18.9 Å². The standard InChI is InChI=1S/C24H18ClFN2O3/c1-14-3-10-18(13-20(14)25)28-23(29)21(15-4-6-16(26)7-5-15)22(24(28)30)27-17-8-11-19(31-2)12-9-17/h3-13,27H,1-2H3. The Morgan fingerprint density at radius 3 is 2.23 bits per heavy atom. The van der Waals surface area contributed by atoms with E-state index in [1.165, 1.54) is 24.3 Å². The molecule has 0 radical (unpaired) electrons. The molecule has 31 heavy (non-hydrogen) atoms. The number of amides is 2. The molecule has 3 aromatic rings. The molecule has 1 aliphatic rings. The third-order valence-corrected chi connectivity index (χ3v) is 5.40. The van der Waals surface area contributed by atoms with E-state index in [0.717, 1.165) is 10.5 Å². The minimum Gasteiger partial charge on any atom is -0.497 e. The van der Waals surface area contributed by atoms with Gasteiger partial charge in [0.15, 0.2) is 0 Å². The summed E-state index contributed by atoms with van der Waals surface area (Å²) in [6.07, 6.45) is 0. The summed E-state index contributed by atoms with van der Waals surface area (Å²) in [4.78, 5) is 27.7. The highest BCUT2D eigenvalue weighted by Crippen LogP contribution is 2.35. The van der Waals surface area contributed by atoms with Gasteiger partial charge in [0, 0.05) is 10.7 Å². The summed E-state index contributed by atoms with van der Waals surface area (Å²) in [5, 5.41) is 3.49. The first-order valence-corrected chi connectivity index (χ1v) is 9.83. The third kappa shape index (κ3) is 3.90. The highest BCUT2D eigenvalue weighted by atomic mass is 35.5. The van der Waals surface area contributed by atoms with Gasteiger partial charge in [0.2, 0.25) is 0 Å². The lowest BCUT2D eigenvalue weighted by Gasteiger charge is -2.16. The number of hydrogen-bond donors (Lipinski definition) is 1. The fourth-order valence-electron chi connectivity index (χ4n) is 3.30. The van der Waals surface area contributed by atoms with Gasteiger partial charge in [-0.3, -0.25) is 9.59 Å². The molecule has 1 aliphatic heterocycles. The van der Waals surface area contributed by atoms with Gasteiger partial charge in [0.1, 0.15) is 17.3 Å². The Morgan fingerprint density at radius 1 is 0.935 bits per heavy atom. The Kier molecular flexibility index (Phi) is 5.48. The van der Waals surface area contributed by atoms with Crippen LogP contribution in [0.15, 0.2) is 72.4 Å². The van der Waals surface area contributed by atoms with E-state index in [1.54, 1.807) is 49.6 Å². The molecule has 0 bridgehead atoms. The number of hydrogen-bond acceptors (Lipinski definition) is 4. The lowest BCUT2D eigenvalue weighted by molar-refractivity contribution is -0.120. The van der Waals surface area contributed by atoms with E-state index in [0.29, 0.717) is 27.7 Å². The quantitative estimate of drug-likeness (QED) is 0.559. The van der Waals surface area contributed by atoms with Crippen molar-refractivity contribution in [3.63, 3.8) is 0 Å². The van der Waals surface area contributed by atoms with Gasteiger partial charge in [-0.2, -0.15) is 0 Å². The van der Waals surface area contributed by atoms with E-state index < -0.39 is 17.6 Å². The molecule has 7 heteroatoms. The average Bonchev–Trinajstić information content (AvgIpc) is 3.01. The number of ether oxygens (including phenoxy) is 1. The molecular formula is C24H18ClFN2O3. The minimum atomic E-state index is -0.528. The molecular weight excluding hydrogens is 419 g/mol. The lowest BCUT2D eigenvalue weighted by atomic mass is 10.0. The Labute approximate surface area is 183 Å². The fraction of sp³-hybridized carbons (Fsp3) is 0.0833. The maximum atomic E-state index is 13.5. The number of halogens is 2. The predicted octanol–water partition coefficient (Wildman–Crippen LogP) is 5.19. The van der Waals surface area contributed by atoms with Crippen molar-refractivity contribution in [2.24, 2.45) is 0 Å². The van der Waals surface area contributed by atoms with Gasteiger partial charge in [-0.1, -0.05) is 29.8 Å². The summed E-state index contributed by atoms with van der Waals surface area (Å²) in [7, 11) is 1.56. The largest absolute Gasteiger partial charge is 0.497 e. The smallest absolute Gasteiger partial charge is 0.282 e. The molecule has 0 spiro atoms. The van der Waals surface area contributed by atoms with Crippen molar-refractivity contribution in [2.75, 3.05) is 17.3 Å². The topological polar surface area (TPSA) is 58.6 Å². The number of benzene rings is 3. The molecule has 0 aromatic heterocycles. The molecule has 4 rings (SSSR count). The molecule has 156 valence electrons. The molecule has 0 aliphatic carbocycles.